The number of rotatable bonds is 4. The van der Waals surface area contributed by atoms with Crippen LogP contribution in [0, 0.1) is 11.6 Å². The Morgan fingerprint density at radius 3 is 2.59 bits per heavy atom. The van der Waals surface area contributed by atoms with Crippen LogP contribution in [-0.4, -0.2) is 17.0 Å². The van der Waals surface area contributed by atoms with Crippen LogP contribution >= 0.6 is 0 Å². The summed E-state index contributed by atoms with van der Waals surface area (Å²) in [5.41, 5.74) is 0.114. The van der Waals surface area contributed by atoms with E-state index in [-0.39, 0.29) is 12.1 Å². The lowest BCUT2D eigenvalue weighted by Gasteiger charge is -2.03. The molecule has 2 N–H and O–H groups in total. The van der Waals surface area contributed by atoms with E-state index >= 15 is 0 Å². The van der Waals surface area contributed by atoms with Crippen molar-refractivity contribution in [3.8, 4) is 0 Å². The first kappa shape index (κ1) is 12.8. The van der Waals surface area contributed by atoms with E-state index in [9.17, 15) is 18.4 Å². The maximum Gasteiger partial charge on any atom is 0.328 e. The van der Waals surface area contributed by atoms with Crippen molar-refractivity contribution >= 4 is 11.9 Å². The minimum absolute atomic E-state index is 0.114. The molecule has 90 valence electrons. The lowest BCUT2D eigenvalue weighted by Crippen LogP contribution is -2.21. The van der Waals surface area contributed by atoms with Crippen LogP contribution in [0.3, 0.4) is 0 Å². The predicted octanol–water partition coefficient (Wildman–Crippen LogP) is 1.22. The standard InChI is InChI=1S/C11H9F2NO3/c12-8-2-1-7(9(13)5-8)6-14-10(15)3-4-11(16)17/h1-5H,6H2,(H,14,15)(H,16,17). The Hall–Kier alpha value is -2.24. The van der Waals surface area contributed by atoms with Gasteiger partial charge in [-0.3, -0.25) is 4.79 Å². The van der Waals surface area contributed by atoms with Crippen molar-refractivity contribution in [3.63, 3.8) is 0 Å². The monoisotopic (exact) mass is 241 g/mol. The Morgan fingerprint density at radius 1 is 1.29 bits per heavy atom. The number of benzene rings is 1. The second-order valence-electron chi connectivity index (χ2n) is 3.13. The van der Waals surface area contributed by atoms with Crippen LogP contribution in [0.4, 0.5) is 8.78 Å². The largest absolute Gasteiger partial charge is 0.478 e. The quantitative estimate of drug-likeness (QED) is 0.779. The molecule has 0 fully saturated rings. The second-order valence-corrected chi connectivity index (χ2v) is 3.13. The summed E-state index contributed by atoms with van der Waals surface area (Å²) in [5.74, 6) is -3.40. The molecule has 0 radical (unpaired) electrons. The van der Waals surface area contributed by atoms with Crippen molar-refractivity contribution in [2.24, 2.45) is 0 Å². The van der Waals surface area contributed by atoms with Gasteiger partial charge in [0, 0.05) is 30.3 Å². The SMILES string of the molecule is O=C(O)C=CC(=O)NCc1ccc(F)cc1F. The fourth-order valence-corrected chi connectivity index (χ4v) is 1.05. The molecule has 6 heteroatoms. The van der Waals surface area contributed by atoms with Crippen LogP contribution in [0.1, 0.15) is 5.56 Å². The van der Waals surface area contributed by atoms with Crippen LogP contribution in [0.25, 0.3) is 0 Å². The fourth-order valence-electron chi connectivity index (χ4n) is 1.05. The highest BCUT2D eigenvalue weighted by Gasteiger charge is 2.04. The first-order valence-electron chi connectivity index (χ1n) is 4.62. The molecule has 0 aliphatic heterocycles. The lowest BCUT2D eigenvalue weighted by molar-refractivity contribution is -0.131. The molecule has 1 amide bonds. The molecule has 4 nitrogen and oxygen atoms in total. The molecular weight excluding hydrogens is 232 g/mol. The third-order valence-electron chi connectivity index (χ3n) is 1.85. The van der Waals surface area contributed by atoms with Gasteiger partial charge in [0.2, 0.25) is 5.91 Å². The maximum absolute atomic E-state index is 13.1. The number of amides is 1. The summed E-state index contributed by atoms with van der Waals surface area (Å²) in [6, 6.07) is 2.97. The van der Waals surface area contributed by atoms with Crippen LogP contribution < -0.4 is 5.32 Å². The van der Waals surface area contributed by atoms with Crippen LogP contribution in [0.15, 0.2) is 30.4 Å². The fraction of sp³-hybridized carbons (Fsp3) is 0.0909. The maximum atomic E-state index is 13.1. The zero-order valence-corrected chi connectivity index (χ0v) is 8.61. The first-order valence-corrected chi connectivity index (χ1v) is 4.62. The summed E-state index contributed by atoms with van der Waals surface area (Å²) in [6.45, 7) is -0.144. The topological polar surface area (TPSA) is 66.4 Å². The van der Waals surface area contributed by atoms with Crippen LogP contribution in [0.5, 0.6) is 0 Å². The molecule has 0 atom stereocenters. The number of carbonyl (C=O) groups is 2. The molecule has 0 spiro atoms. The smallest absolute Gasteiger partial charge is 0.328 e. The minimum Gasteiger partial charge on any atom is -0.478 e. The zero-order chi connectivity index (χ0) is 12.8. The van der Waals surface area contributed by atoms with Gasteiger partial charge < -0.3 is 10.4 Å². The lowest BCUT2D eigenvalue weighted by atomic mass is 10.2. The number of halogens is 2. The molecule has 0 aliphatic carbocycles. The third kappa shape index (κ3) is 4.42. The molecule has 0 bridgehead atoms. The molecule has 1 aromatic carbocycles. The average molecular weight is 241 g/mol. The summed E-state index contributed by atoms with van der Waals surface area (Å²) >= 11 is 0. The van der Waals surface area contributed by atoms with Crippen molar-refractivity contribution in [2.75, 3.05) is 0 Å². The van der Waals surface area contributed by atoms with Gasteiger partial charge in [-0.15, -0.1) is 0 Å². The molecule has 0 aliphatic rings. The zero-order valence-electron chi connectivity index (χ0n) is 8.61. The Morgan fingerprint density at radius 2 is 2.00 bits per heavy atom. The average Bonchev–Trinajstić information content (AvgIpc) is 2.25. The summed E-state index contributed by atoms with van der Waals surface area (Å²) in [7, 11) is 0. The van der Waals surface area contributed by atoms with Gasteiger partial charge in [0.15, 0.2) is 0 Å². The molecule has 1 rings (SSSR count). The summed E-state index contributed by atoms with van der Waals surface area (Å²) in [4.78, 5) is 21.1. The van der Waals surface area contributed by atoms with E-state index < -0.39 is 23.5 Å². The third-order valence-corrected chi connectivity index (χ3v) is 1.85. The molecule has 17 heavy (non-hydrogen) atoms. The molecule has 0 saturated carbocycles. The Kier molecular flexibility index (Phi) is 4.33. The van der Waals surface area contributed by atoms with E-state index in [1.54, 1.807) is 0 Å². The van der Waals surface area contributed by atoms with Crippen molar-refractivity contribution in [1.29, 1.82) is 0 Å². The highest BCUT2D eigenvalue weighted by atomic mass is 19.1. The van der Waals surface area contributed by atoms with Gasteiger partial charge in [0.25, 0.3) is 0 Å². The number of nitrogens with one attached hydrogen (secondary N) is 1. The highest BCUT2D eigenvalue weighted by molar-refractivity contribution is 5.93. The first-order chi connectivity index (χ1) is 7.99. The van der Waals surface area contributed by atoms with E-state index in [4.69, 9.17) is 5.11 Å². The van der Waals surface area contributed by atoms with Gasteiger partial charge in [-0.05, 0) is 6.07 Å². The van der Waals surface area contributed by atoms with E-state index in [2.05, 4.69) is 5.32 Å². The van der Waals surface area contributed by atoms with Crippen molar-refractivity contribution < 1.29 is 23.5 Å². The van der Waals surface area contributed by atoms with E-state index in [0.717, 1.165) is 12.1 Å². The summed E-state index contributed by atoms with van der Waals surface area (Å²) in [5, 5.41) is 10.5. The van der Waals surface area contributed by atoms with Gasteiger partial charge >= 0.3 is 5.97 Å². The van der Waals surface area contributed by atoms with Crippen LogP contribution in [-0.2, 0) is 16.1 Å². The second kappa shape index (κ2) is 5.74. The van der Waals surface area contributed by atoms with Crippen molar-refractivity contribution in [3.05, 3.63) is 47.5 Å². The molecule has 0 heterocycles. The highest BCUT2D eigenvalue weighted by Crippen LogP contribution is 2.08. The number of hydrogen-bond acceptors (Lipinski definition) is 2. The summed E-state index contributed by atoms with van der Waals surface area (Å²) in [6.07, 6.45) is 1.47. The number of hydrogen-bond donors (Lipinski definition) is 2. The van der Waals surface area contributed by atoms with Gasteiger partial charge in [-0.1, -0.05) is 6.07 Å². The molecule has 0 aromatic heterocycles. The van der Waals surface area contributed by atoms with Crippen molar-refractivity contribution in [1.82, 2.24) is 5.32 Å². The number of carboxylic acids is 1. The van der Waals surface area contributed by atoms with Gasteiger partial charge in [0.05, 0.1) is 0 Å². The Labute approximate surface area is 95.6 Å². The number of aliphatic carboxylic acids is 1. The van der Waals surface area contributed by atoms with E-state index in [0.29, 0.717) is 12.1 Å². The predicted molar refractivity (Wildman–Crippen MR) is 55.0 cm³/mol. The molecular formula is C11H9F2NO3. The van der Waals surface area contributed by atoms with Crippen molar-refractivity contribution in [2.45, 2.75) is 6.54 Å². The van der Waals surface area contributed by atoms with E-state index in [1.807, 2.05) is 0 Å². The molecule has 0 unspecified atom stereocenters. The molecule has 1 aromatic rings. The van der Waals surface area contributed by atoms with Gasteiger partial charge in [0.1, 0.15) is 11.6 Å². The van der Waals surface area contributed by atoms with E-state index in [1.165, 1.54) is 6.07 Å². The van der Waals surface area contributed by atoms with Crippen LogP contribution in [0.2, 0.25) is 0 Å². The Bertz CT molecular complexity index is 472. The normalized spacial score (nSPS) is 10.5. The number of carboxylic acid groups (broad SMARTS) is 1. The van der Waals surface area contributed by atoms with Gasteiger partial charge in [-0.25, -0.2) is 13.6 Å². The minimum atomic E-state index is -1.26. The van der Waals surface area contributed by atoms with Gasteiger partial charge in [-0.2, -0.15) is 0 Å². The summed E-state index contributed by atoms with van der Waals surface area (Å²) < 4.78 is 25.7. The Balaban J connectivity index is 2.56. The number of carbonyl (C=O) groups excluding carboxylic acids is 1. The molecule has 0 saturated heterocycles.